The van der Waals surface area contributed by atoms with Crippen LogP contribution in [0.2, 0.25) is 5.28 Å². The number of aromatic nitrogens is 2. The number of anilines is 1. The highest BCUT2D eigenvalue weighted by molar-refractivity contribution is 8.14. The van der Waals surface area contributed by atoms with E-state index in [1.165, 1.54) is 36.2 Å². The maximum absolute atomic E-state index is 15.9. The van der Waals surface area contributed by atoms with Crippen molar-refractivity contribution < 1.29 is 26.3 Å². The summed E-state index contributed by atoms with van der Waals surface area (Å²) in [7, 11) is -4.65. The summed E-state index contributed by atoms with van der Waals surface area (Å²) in [6, 6.07) is 7.01. The smallest absolute Gasteiger partial charge is 0.265 e. The van der Waals surface area contributed by atoms with Crippen molar-refractivity contribution in [3.8, 4) is 0 Å². The van der Waals surface area contributed by atoms with Gasteiger partial charge in [-0.1, -0.05) is 23.9 Å². The summed E-state index contributed by atoms with van der Waals surface area (Å²) in [5, 5.41) is 0.179. The third-order valence-electron chi connectivity index (χ3n) is 6.17. The third-order valence-corrected chi connectivity index (χ3v) is 9.06. The molecule has 5 rings (SSSR count). The molecule has 0 spiro atoms. The molecule has 4 atom stereocenters. The summed E-state index contributed by atoms with van der Waals surface area (Å²) in [5.41, 5.74) is 0.176. The van der Waals surface area contributed by atoms with Crippen LogP contribution in [0.5, 0.6) is 0 Å². The van der Waals surface area contributed by atoms with Crippen molar-refractivity contribution >= 4 is 44.2 Å². The molecule has 0 bridgehead atoms. The lowest BCUT2D eigenvalue weighted by molar-refractivity contribution is -0.0471. The molecular weight excluding hydrogens is 575 g/mol. The second kappa shape index (κ2) is 11.0. The van der Waals surface area contributed by atoms with E-state index in [-0.39, 0.29) is 23.1 Å². The average Bonchev–Trinajstić information content (AvgIpc) is 3.31. The largest absolute Gasteiger partial charge is 0.372 e. The Balaban J connectivity index is 1.53. The Kier molecular flexibility index (Phi) is 7.77. The van der Waals surface area contributed by atoms with E-state index in [2.05, 4.69) is 14.9 Å². The van der Waals surface area contributed by atoms with Gasteiger partial charge >= 0.3 is 0 Å². The SMILES string of the molecule is C[C@@H]1CN(C2=NC(c3cccc(NS(=O)(=O)c4cc(F)ccc4F)c3F)C(c3ccnc(Cl)n3)S2)C[C@H](C)O1. The number of aliphatic imine (C=N–C) groups is 1. The van der Waals surface area contributed by atoms with Crippen molar-refractivity contribution in [3.63, 3.8) is 0 Å². The zero-order valence-corrected chi connectivity index (χ0v) is 23.1. The molecule has 14 heteroatoms. The Morgan fingerprint density at radius 2 is 1.85 bits per heavy atom. The Hall–Kier alpha value is -2.87. The Labute approximate surface area is 232 Å². The van der Waals surface area contributed by atoms with E-state index in [0.29, 0.717) is 36.1 Å². The number of morpholine rings is 1. The standard InChI is InChI=1S/C25H23ClF3N5O3S2/c1-13-11-34(12-14(2)37-13)25-32-22(23(38-25)19-8-9-30-24(26)31-19)16-4-3-5-18(21(16)29)33-39(35,36)20-10-15(27)6-7-17(20)28/h3-10,13-14,22-23,33H,11-12H2,1-2H3/t13-,14+,22?,23?. The summed E-state index contributed by atoms with van der Waals surface area (Å²) in [4.78, 5) is 14.2. The number of ether oxygens (including phenoxy) is 1. The molecular formula is C25H23ClF3N5O3S2. The molecule has 2 unspecified atom stereocenters. The predicted octanol–water partition coefficient (Wildman–Crippen LogP) is 5.34. The van der Waals surface area contributed by atoms with E-state index in [9.17, 15) is 17.2 Å². The first-order chi connectivity index (χ1) is 18.5. The van der Waals surface area contributed by atoms with Gasteiger partial charge in [0.1, 0.15) is 16.5 Å². The van der Waals surface area contributed by atoms with Gasteiger partial charge in [0.2, 0.25) is 5.28 Å². The Bertz CT molecular complexity index is 1540. The van der Waals surface area contributed by atoms with Crippen LogP contribution >= 0.6 is 23.4 Å². The van der Waals surface area contributed by atoms with Gasteiger partial charge in [0.15, 0.2) is 11.0 Å². The van der Waals surface area contributed by atoms with Crippen molar-refractivity contribution in [2.45, 2.75) is 42.2 Å². The molecule has 3 aromatic rings. The van der Waals surface area contributed by atoms with E-state index in [4.69, 9.17) is 21.3 Å². The molecule has 1 N–H and O–H groups in total. The zero-order chi connectivity index (χ0) is 27.9. The number of hydrogen-bond acceptors (Lipinski definition) is 8. The number of sulfonamides is 1. The Morgan fingerprint density at radius 3 is 2.56 bits per heavy atom. The molecule has 1 fully saturated rings. The van der Waals surface area contributed by atoms with E-state index in [1.807, 2.05) is 18.6 Å². The van der Waals surface area contributed by atoms with Gasteiger partial charge in [0, 0.05) is 24.8 Å². The van der Waals surface area contributed by atoms with Crippen LogP contribution in [0.15, 0.2) is 58.5 Å². The van der Waals surface area contributed by atoms with Crippen LogP contribution in [0, 0.1) is 17.5 Å². The lowest BCUT2D eigenvalue weighted by Crippen LogP contribution is -2.47. The number of amidine groups is 1. The Morgan fingerprint density at radius 1 is 1.10 bits per heavy atom. The lowest BCUT2D eigenvalue weighted by atomic mass is 10.0. The molecule has 3 heterocycles. The lowest BCUT2D eigenvalue weighted by Gasteiger charge is -2.36. The molecule has 0 aliphatic carbocycles. The molecule has 0 amide bonds. The van der Waals surface area contributed by atoms with Gasteiger partial charge in [-0.15, -0.1) is 0 Å². The number of nitrogens with one attached hydrogen (secondary N) is 1. The molecule has 8 nitrogen and oxygen atoms in total. The van der Waals surface area contributed by atoms with E-state index in [0.717, 1.165) is 6.07 Å². The molecule has 39 heavy (non-hydrogen) atoms. The second-order valence-corrected chi connectivity index (χ2v) is 12.3. The fourth-order valence-electron chi connectivity index (χ4n) is 4.59. The molecule has 0 saturated carbocycles. The second-order valence-electron chi connectivity index (χ2n) is 9.20. The van der Waals surface area contributed by atoms with Crippen molar-refractivity contribution in [1.82, 2.24) is 14.9 Å². The number of benzene rings is 2. The molecule has 1 saturated heterocycles. The van der Waals surface area contributed by atoms with Crippen molar-refractivity contribution in [3.05, 3.63) is 82.7 Å². The highest BCUT2D eigenvalue weighted by Crippen LogP contribution is 2.50. The van der Waals surface area contributed by atoms with Crippen LogP contribution in [0.4, 0.5) is 18.9 Å². The van der Waals surface area contributed by atoms with Crippen LogP contribution in [0.25, 0.3) is 0 Å². The van der Waals surface area contributed by atoms with Gasteiger partial charge in [0.05, 0.1) is 34.9 Å². The summed E-state index contributed by atoms with van der Waals surface area (Å²) in [6.45, 7) is 5.08. The quantitative estimate of drug-likeness (QED) is 0.397. The summed E-state index contributed by atoms with van der Waals surface area (Å²) >= 11 is 7.44. The monoisotopic (exact) mass is 597 g/mol. The minimum absolute atomic E-state index is 0.0213. The van der Waals surface area contributed by atoms with Gasteiger partial charge < -0.3 is 9.64 Å². The van der Waals surface area contributed by atoms with Crippen LogP contribution in [0.3, 0.4) is 0 Å². The molecule has 0 radical (unpaired) electrons. The minimum atomic E-state index is -4.65. The van der Waals surface area contributed by atoms with Crippen LogP contribution in [0.1, 0.15) is 36.4 Å². The number of hydrogen-bond donors (Lipinski definition) is 1. The molecule has 2 aliphatic rings. The number of halogens is 4. The van der Waals surface area contributed by atoms with Gasteiger partial charge in [-0.25, -0.2) is 31.6 Å². The maximum atomic E-state index is 15.9. The topological polar surface area (TPSA) is 96.8 Å². The summed E-state index contributed by atoms with van der Waals surface area (Å²) in [6.07, 6.45) is 1.41. The number of rotatable bonds is 5. The fraction of sp³-hybridized carbons (Fsp3) is 0.320. The summed E-state index contributed by atoms with van der Waals surface area (Å²) in [5.74, 6) is -3.02. The van der Waals surface area contributed by atoms with E-state index >= 15 is 4.39 Å². The van der Waals surface area contributed by atoms with Gasteiger partial charge in [-0.3, -0.25) is 9.71 Å². The first-order valence-corrected chi connectivity index (χ1v) is 14.7. The van der Waals surface area contributed by atoms with Crippen LogP contribution in [-0.4, -0.2) is 53.8 Å². The summed E-state index contributed by atoms with van der Waals surface area (Å²) < 4.78 is 77.4. The van der Waals surface area contributed by atoms with Crippen LogP contribution in [-0.2, 0) is 14.8 Å². The molecule has 206 valence electrons. The fourth-order valence-corrected chi connectivity index (χ4v) is 7.18. The first-order valence-electron chi connectivity index (χ1n) is 11.9. The maximum Gasteiger partial charge on any atom is 0.265 e. The van der Waals surface area contributed by atoms with Crippen molar-refractivity contribution in [2.75, 3.05) is 17.8 Å². The molecule has 2 aliphatic heterocycles. The van der Waals surface area contributed by atoms with Crippen LogP contribution < -0.4 is 4.72 Å². The van der Waals surface area contributed by atoms with Gasteiger partial charge in [0.25, 0.3) is 10.0 Å². The van der Waals surface area contributed by atoms with Crippen molar-refractivity contribution in [1.29, 1.82) is 0 Å². The third kappa shape index (κ3) is 5.86. The van der Waals surface area contributed by atoms with E-state index < -0.39 is 49.3 Å². The number of nitrogens with zero attached hydrogens (tertiary/aromatic N) is 4. The molecule has 2 aromatic carbocycles. The average molecular weight is 598 g/mol. The van der Waals surface area contributed by atoms with Gasteiger partial charge in [-0.05, 0) is 55.8 Å². The highest BCUT2D eigenvalue weighted by Gasteiger charge is 2.39. The predicted molar refractivity (Wildman–Crippen MR) is 143 cm³/mol. The van der Waals surface area contributed by atoms with Gasteiger partial charge in [-0.2, -0.15) is 0 Å². The number of thioether (sulfide) groups is 1. The highest BCUT2D eigenvalue weighted by atomic mass is 35.5. The normalized spacial score (nSPS) is 23.5. The zero-order valence-electron chi connectivity index (χ0n) is 20.7. The van der Waals surface area contributed by atoms with Crippen molar-refractivity contribution in [2.24, 2.45) is 4.99 Å². The minimum Gasteiger partial charge on any atom is -0.372 e. The molecule has 1 aromatic heterocycles. The first kappa shape index (κ1) is 27.7. The van der Waals surface area contributed by atoms with E-state index in [1.54, 1.807) is 6.07 Å².